The maximum Gasteiger partial charge on any atom is 0.358 e. The fourth-order valence-corrected chi connectivity index (χ4v) is 6.14. The van der Waals surface area contributed by atoms with Gasteiger partial charge in [0.1, 0.15) is 23.4 Å². The topological polar surface area (TPSA) is 87.2 Å². The average molecular weight is 645 g/mol. The summed E-state index contributed by atoms with van der Waals surface area (Å²) in [7, 11) is -1.33. The molecule has 0 N–H and O–H groups in total. The maximum absolute atomic E-state index is 15.5. The third kappa shape index (κ3) is 11.1. The van der Waals surface area contributed by atoms with Crippen LogP contribution in [-0.2, 0) is 32.0 Å². The van der Waals surface area contributed by atoms with Crippen molar-refractivity contribution in [3.05, 3.63) is 81.1 Å². The van der Waals surface area contributed by atoms with Crippen LogP contribution in [0, 0.1) is 12.7 Å². The van der Waals surface area contributed by atoms with Crippen LogP contribution in [0.15, 0.2) is 48.5 Å². The molecule has 0 aliphatic rings. The van der Waals surface area contributed by atoms with E-state index in [4.69, 9.17) is 18.9 Å². The molecule has 0 bridgehead atoms. The van der Waals surface area contributed by atoms with Crippen molar-refractivity contribution in [2.45, 2.75) is 71.9 Å². The summed E-state index contributed by atoms with van der Waals surface area (Å²) >= 11 is 1.33. The van der Waals surface area contributed by atoms with Gasteiger partial charge in [0.15, 0.2) is 11.8 Å². The Balaban J connectivity index is 1.89. The molecule has 3 aromatic rings. The highest BCUT2D eigenvalue weighted by molar-refractivity contribution is 7.11. The molecule has 0 spiro atoms. The molecule has 1 amide bonds. The molecule has 44 heavy (non-hydrogen) atoms. The van der Waals surface area contributed by atoms with Gasteiger partial charge < -0.3 is 23.8 Å². The van der Waals surface area contributed by atoms with Gasteiger partial charge in [-0.3, -0.25) is 4.79 Å². The number of carbonyl (C=O) groups excluding carboxylic acids is 2. The number of esters is 1. The lowest BCUT2D eigenvalue weighted by molar-refractivity contribution is -0.156. The molecule has 2 aromatic carbocycles. The first-order valence-electron chi connectivity index (χ1n) is 15.1. The number of carbonyl (C=O) groups is 2. The number of rotatable bonds is 18. The van der Waals surface area contributed by atoms with Crippen LogP contribution in [0.3, 0.4) is 0 Å². The van der Waals surface area contributed by atoms with Crippen LogP contribution in [0.2, 0.25) is 25.7 Å². The number of hydrogen-bond acceptors (Lipinski definition) is 8. The van der Waals surface area contributed by atoms with Gasteiger partial charge in [-0.2, -0.15) is 0 Å². The maximum atomic E-state index is 15.5. The van der Waals surface area contributed by atoms with E-state index in [0.717, 1.165) is 18.0 Å². The SMILES string of the molecule is CCOC(=O)c1nc(CN(CCCc2ccccc2)C(=O)[C@H](OCOCC[Si](C)(C)C)c2ccc(OCC)cc2F)sc1C. The van der Waals surface area contributed by atoms with Crippen molar-refractivity contribution in [3.63, 3.8) is 0 Å². The van der Waals surface area contributed by atoms with E-state index >= 15 is 4.39 Å². The Morgan fingerprint density at radius 2 is 1.82 bits per heavy atom. The number of thiazole rings is 1. The monoisotopic (exact) mass is 644 g/mol. The molecule has 0 aliphatic heterocycles. The van der Waals surface area contributed by atoms with Crippen molar-refractivity contribution < 1.29 is 32.9 Å². The van der Waals surface area contributed by atoms with Crippen LogP contribution >= 0.6 is 11.3 Å². The minimum absolute atomic E-state index is 0.0999. The van der Waals surface area contributed by atoms with Gasteiger partial charge in [-0.25, -0.2) is 14.2 Å². The highest BCUT2D eigenvalue weighted by Crippen LogP contribution is 2.29. The molecule has 0 saturated heterocycles. The number of halogens is 1. The highest BCUT2D eigenvalue weighted by Gasteiger charge is 2.31. The van der Waals surface area contributed by atoms with Crippen LogP contribution in [-0.4, -0.2) is 63.0 Å². The first kappa shape index (κ1) is 35.4. The zero-order valence-electron chi connectivity index (χ0n) is 26.7. The van der Waals surface area contributed by atoms with E-state index in [1.54, 1.807) is 24.8 Å². The van der Waals surface area contributed by atoms with Crippen molar-refractivity contribution in [1.82, 2.24) is 9.88 Å². The standard InChI is InChI=1S/C33H45FN2O6SSi/c1-7-40-26-16-17-27(28(34)21-26)31(42-23-39-19-20-44(4,5)6)32(37)36(18-12-15-25-13-10-9-11-14-25)22-29-35-30(24(3)43-29)33(38)41-8-2/h9-11,13-14,16-17,21,31H,7-8,12,15,18-20,22-23H2,1-6H3/t31-/m1/s1. The van der Waals surface area contributed by atoms with Crippen molar-refractivity contribution in [1.29, 1.82) is 0 Å². The first-order valence-corrected chi connectivity index (χ1v) is 19.6. The number of aryl methyl sites for hydroxylation is 2. The van der Waals surface area contributed by atoms with Crippen LogP contribution in [0.25, 0.3) is 0 Å². The molecule has 0 saturated carbocycles. The van der Waals surface area contributed by atoms with Gasteiger partial charge in [-0.05, 0) is 57.4 Å². The second kappa shape index (κ2) is 17.4. The third-order valence-corrected chi connectivity index (χ3v) is 9.45. The normalized spacial score (nSPS) is 12.2. The summed E-state index contributed by atoms with van der Waals surface area (Å²) in [6.45, 7) is 13.6. The summed E-state index contributed by atoms with van der Waals surface area (Å²) in [5.74, 6) is -1.14. The Morgan fingerprint density at radius 3 is 2.48 bits per heavy atom. The zero-order valence-corrected chi connectivity index (χ0v) is 28.5. The molecule has 8 nitrogen and oxygen atoms in total. The second-order valence-corrected chi connectivity index (χ2v) is 18.5. The fraction of sp³-hybridized carbons (Fsp3) is 0.485. The Hall–Kier alpha value is -3.12. The average Bonchev–Trinajstić information content (AvgIpc) is 3.35. The van der Waals surface area contributed by atoms with E-state index in [-0.39, 0.29) is 31.2 Å². The van der Waals surface area contributed by atoms with Crippen molar-refractivity contribution in [3.8, 4) is 5.75 Å². The number of aromatic nitrogens is 1. The van der Waals surface area contributed by atoms with Crippen molar-refractivity contribution in [2.75, 3.05) is 33.2 Å². The van der Waals surface area contributed by atoms with Gasteiger partial charge in [-0.1, -0.05) is 50.0 Å². The van der Waals surface area contributed by atoms with Crippen LogP contribution in [0.5, 0.6) is 5.75 Å². The highest BCUT2D eigenvalue weighted by atomic mass is 32.1. The summed E-state index contributed by atoms with van der Waals surface area (Å²) in [6, 6.07) is 15.4. The lowest BCUT2D eigenvalue weighted by atomic mass is 10.1. The third-order valence-electron chi connectivity index (χ3n) is 6.79. The van der Waals surface area contributed by atoms with Gasteiger partial charge >= 0.3 is 5.97 Å². The summed E-state index contributed by atoms with van der Waals surface area (Å²) in [5, 5.41) is 0.580. The minimum Gasteiger partial charge on any atom is -0.494 e. The largest absolute Gasteiger partial charge is 0.494 e. The molecule has 1 aromatic heterocycles. The van der Waals surface area contributed by atoms with E-state index in [1.807, 2.05) is 37.3 Å². The molecule has 1 atom stereocenters. The van der Waals surface area contributed by atoms with Crippen LogP contribution in [0.4, 0.5) is 4.39 Å². The van der Waals surface area contributed by atoms with E-state index in [9.17, 15) is 9.59 Å². The van der Waals surface area contributed by atoms with E-state index in [0.29, 0.717) is 41.8 Å². The Labute approximate surface area is 265 Å². The molecule has 0 aliphatic carbocycles. The molecule has 240 valence electrons. The van der Waals surface area contributed by atoms with Gasteiger partial charge in [0.05, 0.1) is 19.8 Å². The predicted molar refractivity (Wildman–Crippen MR) is 173 cm³/mol. The van der Waals surface area contributed by atoms with E-state index < -0.39 is 31.9 Å². The molecule has 0 unspecified atom stereocenters. The quantitative estimate of drug-likeness (QED) is 0.0627. The number of nitrogens with zero attached hydrogens (tertiary/aromatic N) is 2. The molecular formula is C33H45FN2O6SSi. The van der Waals surface area contributed by atoms with Crippen LogP contribution in [0.1, 0.15) is 57.9 Å². The first-order chi connectivity index (χ1) is 21.0. The van der Waals surface area contributed by atoms with Crippen LogP contribution < -0.4 is 4.74 Å². The summed E-state index contributed by atoms with van der Waals surface area (Å²) < 4.78 is 37.8. The van der Waals surface area contributed by atoms with Gasteiger partial charge in [-0.15, -0.1) is 11.3 Å². The Kier molecular flexibility index (Phi) is 14.0. The van der Waals surface area contributed by atoms with E-state index in [1.165, 1.54) is 23.5 Å². The lowest BCUT2D eigenvalue weighted by Crippen LogP contribution is -2.37. The Bertz CT molecular complexity index is 1350. The summed E-state index contributed by atoms with van der Waals surface area (Å²) in [4.78, 5) is 33.5. The molecule has 3 rings (SSSR count). The fourth-order valence-electron chi connectivity index (χ4n) is 4.45. The van der Waals surface area contributed by atoms with Gasteiger partial charge in [0.25, 0.3) is 5.91 Å². The molecular weight excluding hydrogens is 600 g/mol. The molecule has 0 fully saturated rings. The number of ether oxygens (including phenoxy) is 4. The summed E-state index contributed by atoms with van der Waals surface area (Å²) in [6.07, 6.45) is 0.161. The number of amides is 1. The molecule has 11 heteroatoms. The number of benzene rings is 2. The Morgan fingerprint density at radius 1 is 1.07 bits per heavy atom. The molecule has 0 radical (unpaired) electrons. The second-order valence-electron chi connectivity index (χ2n) is 11.6. The minimum atomic E-state index is -1.33. The smallest absolute Gasteiger partial charge is 0.358 e. The molecule has 1 heterocycles. The summed E-state index contributed by atoms with van der Waals surface area (Å²) in [5.41, 5.74) is 1.49. The van der Waals surface area contributed by atoms with Gasteiger partial charge in [0.2, 0.25) is 0 Å². The van der Waals surface area contributed by atoms with Gasteiger partial charge in [0, 0.05) is 37.7 Å². The van der Waals surface area contributed by atoms with Crippen molar-refractivity contribution >= 4 is 31.3 Å². The van der Waals surface area contributed by atoms with E-state index in [2.05, 4.69) is 24.6 Å². The van der Waals surface area contributed by atoms with Crippen molar-refractivity contribution in [2.24, 2.45) is 0 Å². The zero-order chi connectivity index (χ0) is 32.1. The lowest BCUT2D eigenvalue weighted by Gasteiger charge is -2.27. The predicted octanol–water partition coefficient (Wildman–Crippen LogP) is 7.20. The number of hydrogen-bond donors (Lipinski definition) is 0.